The van der Waals surface area contributed by atoms with Gasteiger partial charge in [0.05, 0.1) is 0 Å². The molecule has 1 atom stereocenters. The summed E-state index contributed by atoms with van der Waals surface area (Å²) in [6, 6.07) is 4.15. The molecule has 0 saturated carbocycles. The Balaban J connectivity index is 1.45. The van der Waals surface area contributed by atoms with Gasteiger partial charge in [-0.05, 0) is 44.1 Å². The molecule has 0 amide bonds. The molecule has 25 heavy (non-hydrogen) atoms. The summed E-state index contributed by atoms with van der Waals surface area (Å²) in [7, 11) is 0. The Hall–Kier alpha value is -2.02. The van der Waals surface area contributed by atoms with E-state index in [-0.39, 0.29) is 11.4 Å². The molecule has 0 radical (unpaired) electrons. The fourth-order valence-corrected chi connectivity index (χ4v) is 4.49. The summed E-state index contributed by atoms with van der Waals surface area (Å²) in [6.07, 6.45) is 0.0721. The molecule has 0 aliphatic carbocycles. The zero-order chi connectivity index (χ0) is 17.2. The molecule has 4 aliphatic rings. The van der Waals surface area contributed by atoms with E-state index in [4.69, 9.17) is 9.15 Å². The first-order valence-electron chi connectivity index (χ1n) is 8.51. The molecule has 132 valence electrons. The second kappa shape index (κ2) is 5.00. The molecule has 1 spiro atoms. The molecule has 3 fully saturated rings. The Morgan fingerprint density at radius 2 is 2.00 bits per heavy atom. The minimum absolute atomic E-state index is 0.178. The zero-order valence-electron chi connectivity index (χ0n) is 13.5. The highest BCUT2D eigenvalue weighted by Gasteiger charge is 2.52. The lowest BCUT2D eigenvalue weighted by molar-refractivity contribution is -0.152. The van der Waals surface area contributed by atoms with E-state index in [1.807, 2.05) is 6.07 Å². The third-order valence-corrected chi connectivity index (χ3v) is 5.71. The first kappa shape index (κ1) is 15.3. The molecule has 0 aromatic carbocycles. The Labute approximate surface area is 142 Å². The maximum absolute atomic E-state index is 12.7. The molecule has 0 N–H and O–H groups in total. The highest BCUT2D eigenvalue weighted by molar-refractivity contribution is 5.59. The third-order valence-electron chi connectivity index (χ3n) is 5.71. The van der Waals surface area contributed by atoms with Gasteiger partial charge in [-0.1, -0.05) is 0 Å². The quantitative estimate of drug-likeness (QED) is 0.785. The molecule has 2 bridgehead atoms. The van der Waals surface area contributed by atoms with Crippen molar-refractivity contribution >= 4 is 0 Å². The van der Waals surface area contributed by atoms with Gasteiger partial charge < -0.3 is 9.15 Å². The van der Waals surface area contributed by atoms with Crippen molar-refractivity contribution in [1.82, 2.24) is 9.88 Å². The van der Waals surface area contributed by atoms with E-state index in [0.717, 1.165) is 50.5 Å². The predicted molar refractivity (Wildman–Crippen MR) is 83.2 cm³/mol. The molecule has 3 saturated heterocycles. The summed E-state index contributed by atoms with van der Waals surface area (Å²) < 4.78 is 49.4. The smallest absolute Gasteiger partial charge is 0.449 e. The number of nitrogens with zero attached hydrogens (tertiary/aromatic N) is 2. The van der Waals surface area contributed by atoms with Crippen LogP contribution in [0.5, 0.6) is 5.88 Å². The van der Waals surface area contributed by atoms with Gasteiger partial charge in [0.1, 0.15) is 11.4 Å². The lowest BCUT2D eigenvalue weighted by atomic mass is 9.73. The normalized spacial score (nSPS) is 30.5. The van der Waals surface area contributed by atoms with Crippen molar-refractivity contribution < 1.29 is 22.3 Å². The lowest BCUT2D eigenvalue weighted by Gasteiger charge is -2.50. The molecular formula is C18H17F3N2O2. The summed E-state index contributed by atoms with van der Waals surface area (Å²) in [5, 5.41) is 0. The van der Waals surface area contributed by atoms with Crippen LogP contribution in [0.25, 0.3) is 11.3 Å². The highest BCUT2D eigenvalue weighted by atomic mass is 19.4. The van der Waals surface area contributed by atoms with Crippen LogP contribution in [-0.4, -0.2) is 35.1 Å². The van der Waals surface area contributed by atoms with E-state index in [1.165, 1.54) is 12.3 Å². The minimum atomic E-state index is -4.48. The average Bonchev–Trinajstić information content (AvgIpc) is 3.19. The van der Waals surface area contributed by atoms with Crippen molar-refractivity contribution in [2.24, 2.45) is 5.92 Å². The minimum Gasteiger partial charge on any atom is -0.469 e. The van der Waals surface area contributed by atoms with Crippen LogP contribution in [0.1, 0.15) is 24.2 Å². The van der Waals surface area contributed by atoms with Gasteiger partial charge in [0, 0.05) is 36.2 Å². The van der Waals surface area contributed by atoms with Gasteiger partial charge in [0.15, 0.2) is 0 Å². The van der Waals surface area contributed by atoms with Gasteiger partial charge in [-0.2, -0.15) is 13.2 Å². The van der Waals surface area contributed by atoms with Crippen LogP contribution in [-0.2, 0) is 12.6 Å². The van der Waals surface area contributed by atoms with Gasteiger partial charge in [-0.3, -0.25) is 4.90 Å². The van der Waals surface area contributed by atoms with Crippen molar-refractivity contribution in [3.8, 4) is 17.2 Å². The molecule has 7 heteroatoms. The van der Waals surface area contributed by atoms with Crippen molar-refractivity contribution in [2.75, 3.05) is 19.6 Å². The van der Waals surface area contributed by atoms with Crippen LogP contribution in [0.4, 0.5) is 13.2 Å². The van der Waals surface area contributed by atoms with Crippen LogP contribution >= 0.6 is 0 Å². The molecule has 4 nitrogen and oxygen atoms in total. The fourth-order valence-electron chi connectivity index (χ4n) is 4.49. The summed E-state index contributed by atoms with van der Waals surface area (Å²) in [5.41, 5.74) is 1.29. The van der Waals surface area contributed by atoms with Crippen molar-refractivity contribution in [1.29, 1.82) is 0 Å². The Morgan fingerprint density at radius 3 is 2.64 bits per heavy atom. The number of ether oxygens (including phenoxy) is 1. The van der Waals surface area contributed by atoms with E-state index in [0.29, 0.717) is 17.4 Å². The SMILES string of the molecule is FC(F)(F)c1ccc(-c2cnc3c(c2)C[C@@]2(CN4CCC2CC4)O3)o1. The maximum atomic E-state index is 12.7. The summed E-state index contributed by atoms with van der Waals surface area (Å²) >= 11 is 0. The Bertz CT molecular complexity index is 824. The average molecular weight is 350 g/mol. The third kappa shape index (κ3) is 2.36. The van der Waals surface area contributed by atoms with E-state index in [9.17, 15) is 13.2 Å². The molecule has 6 heterocycles. The molecule has 2 aromatic heterocycles. The van der Waals surface area contributed by atoms with E-state index in [1.54, 1.807) is 0 Å². The fraction of sp³-hybridized carbons (Fsp3) is 0.500. The van der Waals surface area contributed by atoms with E-state index < -0.39 is 11.9 Å². The molecule has 0 unspecified atom stereocenters. The molecule has 4 aliphatic heterocycles. The first-order valence-corrected chi connectivity index (χ1v) is 8.51. The number of alkyl halides is 3. The molecule has 6 rings (SSSR count). The van der Waals surface area contributed by atoms with Gasteiger partial charge >= 0.3 is 6.18 Å². The van der Waals surface area contributed by atoms with Crippen molar-refractivity contribution in [2.45, 2.75) is 31.0 Å². The van der Waals surface area contributed by atoms with Gasteiger partial charge in [-0.15, -0.1) is 0 Å². The number of hydrogen-bond acceptors (Lipinski definition) is 4. The van der Waals surface area contributed by atoms with Gasteiger partial charge in [-0.25, -0.2) is 4.98 Å². The van der Waals surface area contributed by atoms with Gasteiger partial charge in [0.25, 0.3) is 0 Å². The Morgan fingerprint density at radius 1 is 1.20 bits per heavy atom. The molecular weight excluding hydrogens is 333 g/mol. The number of halogens is 3. The van der Waals surface area contributed by atoms with Crippen LogP contribution < -0.4 is 4.74 Å². The summed E-state index contributed by atoms with van der Waals surface area (Å²) in [6.45, 7) is 3.15. The number of piperidine rings is 3. The number of aromatic nitrogens is 1. The van der Waals surface area contributed by atoms with Crippen molar-refractivity contribution in [3.63, 3.8) is 0 Å². The van der Waals surface area contributed by atoms with Crippen LogP contribution in [0, 0.1) is 5.92 Å². The lowest BCUT2D eigenvalue weighted by Crippen LogP contribution is -2.61. The van der Waals surface area contributed by atoms with Gasteiger partial charge in [0.2, 0.25) is 11.6 Å². The number of hydrogen-bond donors (Lipinski definition) is 0. The number of pyridine rings is 1. The van der Waals surface area contributed by atoms with Crippen LogP contribution in [0.15, 0.2) is 28.8 Å². The highest BCUT2D eigenvalue weighted by Crippen LogP contribution is 2.46. The summed E-state index contributed by atoms with van der Waals surface area (Å²) in [5.74, 6) is 0.321. The van der Waals surface area contributed by atoms with E-state index in [2.05, 4.69) is 9.88 Å². The van der Waals surface area contributed by atoms with Crippen LogP contribution in [0.3, 0.4) is 0 Å². The number of fused-ring (bicyclic) bond motifs is 3. The second-order valence-electron chi connectivity index (χ2n) is 7.24. The van der Waals surface area contributed by atoms with E-state index >= 15 is 0 Å². The second-order valence-corrected chi connectivity index (χ2v) is 7.24. The topological polar surface area (TPSA) is 38.5 Å². The number of furan rings is 1. The van der Waals surface area contributed by atoms with Crippen molar-refractivity contribution in [3.05, 3.63) is 35.7 Å². The van der Waals surface area contributed by atoms with Crippen LogP contribution in [0.2, 0.25) is 0 Å². The largest absolute Gasteiger partial charge is 0.469 e. The molecule has 2 aromatic rings. The monoisotopic (exact) mass is 350 g/mol. The predicted octanol–water partition coefficient (Wildman–Crippen LogP) is 3.76. The standard InChI is InChI=1S/C18H17F3N2O2/c19-18(20,21)15-2-1-14(24-15)12-7-11-8-17(25-16(11)22-9-12)10-23-5-3-13(17)4-6-23/h1-2,7,9,13H,3-6,8,10H2/t17-/m0/s1. The first-order chi connectivity index (χ1) is 11.9. The summed E-state index contributed by atoms with van der Waals surface area (Å²) in [4.78, 5) is 6.78. The zero-order valence-corrected chi connectivity index (χ0v) is 13.5. The Kier molecular flexibility index (Phi) is 3.05. The maximum Gasteiger partial charge on any atom is 0.449 e. The number of rotatable bonds is 1.